The molecule has 2 atom stereocenters. The summed E-state index contributed by atoms with van der Waals surface area (Å²) in [5.74, 6) is -1.87. The van der Waals surface area contributed by atoms with E-state index in [0.717, 1.165) is 12.0 Å². The van der Waals surface area contributed by atoms with E-state index >= 15 is 0 Å². The summed E-state index contributed by atoms with van der Waals surface area (Å²) in [5.41, 5.74) is 1.74. The van der Waals surface area contributed by atoms with E-state index in [2.05, 4.69) is 0 Å². The Hall–Kier alpha value is -1.64. The fraction of sp³-hybridized carbons (Fsp3) is 0.385. The quantitative estimate of drug-likeness (QED) is 0.827. The summed E-state index contributed by atoms with van der Waals surface area (Å²) < 4.78 is 0. The number of aryl methyl sites for hydroxylation is 1. The molecule has 0 aliphatic heterocycles. The third-order valence-electron chi connectivity index (χ3n) is 3.34. The Morgan fingerprint density at radius 3 is 2.81 bits per heavy atom. The highest BCUT2D eigenvalue weighted by Gasteiger charge is 2.34. The van der Waals surface area contributed by atoms with Crippen molar-refractivity contribution < 1.29 is 14.7 Å². The van der Waals surface area contributed by atoms with Crippen molar-refractivity contribution in [3.63, 3.8) is 0 Å². The normalized spacial score (nSPS) is 21.3. The standard InChI is InChI=1S/C13H14O3/c1-8(13(15)16)10-7-6-9-4-2-3-5-11(9)12(10)14/h2-5,8,10H,6-7H2,1H3,(H,15,16). The van der Waals surface area contributed by atoms with Gasteiger partial charge < -0.3 is 5.11 Å². The third kappa shape index (κ3) is 1.73. The van der Waals surface area contributed by atoms with Gasteiger partial charge in [-0.25, -0.2) is 0 Å². The first-order chi connectivity index (χ1) is 7.61. The molecule has 0 saturated heterocycles. The molecule has 1 aromatic rings. The largest absolute Gasteiger partial charge is 0.481 e. The minimum Gasteiger partial charge on any atom is -0.481 e. The zero-order valence-electron chi connectivity index (χ0n) is 9.14. The number of carbonyl (C=O) groups excluding carboxylic acids is 1. The first-order valence-corrected chi connectivity index (χ1v) is 5.46. The summed E-state index contributed by atoms with van der Waals surface area (Å²) in [5, 5.41) is 8.95. The minimum absolute atomic E-state index is 0.0169. The summed E-state index contributed by atoms with van der Waals surface area (Å²) >= 11 is 0. The molecule has 16 heavy (non-hydrogen) atoms. The molecule has 2 rings (SSSR count). The van der Waals surface area contributed by atoms with Gasteiger partial charge in [-0.2, -0.15) is 0 Å². The van der Waals surface area contributed by atoms with Crippen molar-refractivity contribution in [2.75, 3.05) is 0 Å². The first-order valence-electron chi connectivity index (χ1n) is 5.46. The molecule has 1 aliphatic carbocycles. The maximum atomic E-state index is 12.1. The summed E-state index contributed by atoms with van der Waals surface area (Å²) in [6.07, 6.45) is 1.44. The number of ketones is 1. The minimum atomic E-state index is -0.891. The molecule has 0 radical (unpaired) electrons. The topological polar surface area (TPSA) is 54.4 Å². The number of carbonyl (C=O) groups is 2. The van der Waals surface area contributed by atoms with Crippen LogP contribution in [0.4, 0.5) is 0 Å². The summed E-state index contributed by atoms with van der Waals surface area (Å²) in [4.78, 5) is 23.0. The van der Waals surface area contributed by atoms with Crippen LogP contribution in [-0.4, -0.2) is 16.9 Å². The molecule has 3 nitrogen and oxygen atoms in total. The molecule has 0 saturated carbocycles. The fourth-order valence-electron chi connectivity index (χ4n) is 2.27. The molecule has 84 valence electrons. The van der Waals surface area contributed by atoms with Crippen LogP contribution in [0.15, 0.2) is 24.3 Å². The van der Waals surface area contributed by atoms with E-state index in [1.165, 1.54) is 0 Å². The number of fused-ring (bicyclic) bond motifs is 1. The van der Waals surface area contributed by atoms with Crippen molar-refractivity contribution in [1.82, 2.24) is 0 Å². The highest BCUT2D eigenvalue weighted by atomic mass is 16.4. The van der Waals surface area contributed by atoms with Crippen molar-refractivity contribution in [1.29, 1.82) is 0 Å². The third-order valence-corrected chi connectivity index (χ3v) is 3.34. The van der Waals surface area contributed by atoms with Crippen molar-refractivity contribution in [2.45, 2.75) is 19.8 Å². The Morgan fingerprint density at radius 1 is 1.44 bits per heavy atom. The van der Waals surface area contributed by atoms with Crippen LogP contribution in [0.5, 0.6) is 0 Å². The number of hydrogen-bond acceptors (Lipinski definition) is 2. The second-order valence-corrected chi connectivity index (χ2v) is 4.29. The van der Waals surface area contributed by atoms with E-state index in [0.29, 0.717) is 12.0 Å². The summed E-state index contributed by atoms with van der Waals surface area (Å²) in [6, 6.07) is 7.46. The molecule has 2 unspecified atom stereocenters. The molecule has 1 aromatic carbocycles. The van der Waals surface area contributed by atoms with Crippen LogP contribution >= 0.6 is 0 Å². The molecule has 0 bridgehead atoms. The lowest BCUT2D eigenvalue weighted by Crippen LogP contribution is -2.31. The molecule has 0 heterocycles. The van der Waals surface area contributed by atoms with Gasteiger partial charge in [0.25, 0.3) is 0 Å². The van der Waals surface area contributed by atoms with Crippen LogP contribution in [-0.2, 0) is 11.2 Å². The summed E-state index contributed by atoms with van der Waals surface area (Å²) in [6.45, 7) is 1.61. The number of aliphatic carboxylic acids is 1. The van der Waals surface area contributed by atoms with Crippen LogP contribution in [0, 0.1) is 11.8 Å². The molecule has 1 aliphatic rings. The van der Waals surface area contributed by atoms with E-state index in [4.69, 9.17) is 5.11 Å². The van der Waals surface area contributed by atoms with Gasteiger partial charge in [0.05, 0.1) is 5.92 Å². The van der Waals surface area contributed by atoms with Crippen LogP contribution in [0.25, 0.3) is 0 Å². The van der Waals surface area contributed by atoms with Gasteiger partial charge in [0.1, 0.15) is 0 Å². The van der Waals surface area contributed by atoms with Gasteiger partial charge >= 0.3 is 5.97 Å². The maximum absolute atomic E-state index is 12.1. The Bertz CT molecular complexity index is 437. The zero-order chi connectivity index (χ0) is 11.7. The van der Waals surface area contributed by atoms with Crippen LogP contribution in [0.3, 0.4) is 0 Å². The first kappa shape index (κ1) is 10.9. The maximum Gasteiger partial charge on any atom is 0.306 e. The second-order valence-electron chi connectivity index (χ2n) is 4.29. The number of Topliss-reactive ketones (excluding diaryl/α,β-unsaturated/α-hetero) is 1. The molecule has 1 N–H and O–H groups in total. The lowest BCUT2D eigenvalue weighted by molar-refractivity contribution is -0.142. The molecular weight excluding hydrogens is 204 g/mol. The molecule has 3 heteroatoms. The smallest absolute Gasteiger partial charge is 0.306 e. The van der Waals surface area contributed by atoms with Gasteiger partial charge in [-0.3, -0.25) is 9.59 Å². The van der Waals surface area contributed by atoms with Gasteiger partial charge in [-0.05, 0) is 18.4 Å². The number of hydrogen-bond donors (Lipinski definition) is 1. The Balaban J connectivity index is 2.31. The lowest BCUT2D eigenvalue weighted by Gasteiger charge is -2.25. The van der Waals surface area contributed by atoms with E-state index in [9.17, 15) is 9.59 Å². The van der Waals surface area contributed by atoms with Gasteiger partial charge in [0.15, 0.2) is 5.78 Å². The van der Waals surface area contributed by atoms with E-state index < -0.39 is 11.9 Å². The molecule has 0 spiro atoms. The predicted molar refractivity (Wildman–Crippen MR) is 59.4 cm³/mol. The fourth-order valence-corrected chi connectivity index (χ4v) is 2.27. The molecule has 0 fully saturated rings. The SMILES string of the molecule is CC(C(=O)O)C1CCc2ccccc2C1=O. The highest BCUT2D eigenvalue weighted by Crippen LogP contribution is 2.30. The molecule has 0 amide bonds. The van der Waals surface area contributed by atoms with Crippen LogP contribution in [0.1, 0.15) is 29.3 Å². The van der Waals surface area contributed by atoms with Gasteiger partial charge in [0, 0.05) is 11.5 Å². The second kappa shape index (κ2) is 4.08. The number of carboxylic acids is 1. The average Bonchev–Trinajstić information content (AvgIpc) is 2.29. The van der Waals surface area contributed by atoms with E-state index in [1.807, 2.05) is 18.2 Å². The zero-order valence-corrected chi connectivity index (χ0v) is 9.14. The number of rotatable bonds is 2. The monoisotopic (exact) mass is 218 g/mol. The Morgan fingerprint density at radius 2 is 2.12 bits per heavy atom. The Labute approximate surface area is 94.1 Å². The van der Waals surface area contributed by atoms with E-state index in [-0.39, 0.29) is 11.7 Å². The predicted octanol–water partition coefficient (Wildman–Crippen LogP) is 2.15. The van der Waals surface area contributed by atoms with Gasteiger partial charge in [-0.15, -0.1) is 0 Å². The van der Waals surface area contributed by atoms with Crippen molar-refractivity contribution in [2.24, 2.45) is 11.8 Å². The van der Waals surface area contributed by atoms with Crippen LogP contribution in [0.2, 0.25) is 0 Å². The van der Waals surface area contributed by atoms with Crippen molar-refractivity contribution in [3.05, 3.63) is 35.4 Å². The van der Waals surface area contributed by atoms with E-state index in [1.54, 1.807) is 13.0 Å². The average molecular weight is 218 g/mol. The van der Waals surface area contributed by atoms with Crippen molar-refractivity contribution >= 4 is 11.8 Å². The number of benzene rings is 1. The molecule has 0 aromatic heterocycles. The van der Waals surface area contributed by atoms with Crippen LogP contribution < -0.4 is 0 Å². The van der Waals surface area contributed by atoms with Gasteiger partial charge in [-0.1, -0.05) is 31.2 Å². The van der Waals surface area contributed by atoms with Crippen molar-refractivity contribution in [3.8, 4) is 0 Å². The van der Waals surface area contributed by atoms with Gasteiger partial charge in [0.2, 0.25) is 0 Å². The summed E-state index contributed by atoms with van der Waals surface area (Å²) in [7, 11) is 0. The Kier molecular flexibility index (Phi) is 2.77. The molecular formula is C13H14O3. The lowest BCUT2D eigenvalue weighted by atomic mass is 9.77. The highest BCUT2D eigenvalue weighted by molar-refractivity contribution is 6.01. The number of carboxylic acid groups (broad SMARTS) is 1.